The summed E-state index contributed by atoms with van der Waals surface area (Å²) in [6.45, 7) is 3.05. The number of thiocarbonyl (C=S) groups is 1. The van der Waals surface area contributed by atoms with Gasteiger partial charge in [-0.1, -0.05) is 28.1 Å². The molecule has 1 unspecified atom stereocenters. The number of alkyl halides is 3. The molecule has 0 radical (unpaired) electrons. The van der Waals surface area contributed by atoms with E-state index >= 15 is 0 Å². The van der Waals surface area contributed by atoms with E-state index in [1.807, 2.05) is 13.8 Å². The summed E-state index contributed by atoms with van der Waals surface area (Å²) in [7, 11) is 0. The number of aryl methyl sites for hydroxylation is 2. The van der Waals surface area contributed by atoms with Crippen molar-refractivity contribution >= 4 is 33.1 Å². The SMILES string of the molecule is Cc1cc(OCC(C(N)=S)C(F)(F)F)cc(C)c1Br. The number of hydrogen-bond donors (Lipinski definition) is 1. The molecule has 0 saturated carbocycles. The fourth-order valence-corrected chi connectivity index (χ4v) is 1.94. The third-order valence-corrected chi connectivity index (χ3v) is 4.10. The Bertz CT molecular complexity index is 467. The largest absolute Gasteiger partial charge is 0.492 e. The molecule has 7 heteroatoms. The molecule has 1 atom stereocenters. The normalized spacial score (nSPS) is 13.2. The lowest BCUT2D eigenvalue weighted by molar-refractivity contribution is -0.161. The van der Waals surface area contributed by atoms with Crippen molar-refractivity contribution in [2.75, 3.05) is 6.61 Å². The summed E-state index contributed by atoms with van der Waals surface area (Å²) in [5.41, 5.74) is 6.86. The molecule has 0 aliphatic heterocycles. The summed E-state index contributed by atoms with van der Waals surface area (Å²) in [6, 6.07) is 3.31. The molecule has 19 heavy (non-hydrogen) atoms. The Morgan fingerprint density at radius 2 is 1.84 bits per heavy atom. The number of rotatable bonds is 4. The van der Waals surface area contributed by atoms with Crippen molar-refractivity contribution < 1.29 is 17.9 Å². The van der Waals surface area contributed by atoms with E-state index in [2.05, 4.69) is 28.1 Å². The van der Waals surface area contributed by atoms with E-state index in [0.717, 1.165) is 15.6 Å². The average Bonchev–Trinajstić information content (AvgIpc) is 2.23. The fraction of sp³-hybridized carbons (Fsp3) is 0.417. The van der Waals surface area contributed by atoms with E-state index < -0.39 is 23.7 Å². The lowest BCUT2D eigenvalue weighted by Gasteiger charge is -2.19. The number of benzene rings is 1. The molecular formula is C12H13BrF3NOS. The van der Waals surface area contributed by atoms with Crippen LogP contribution in [-0.4, -0.2) is 17.8 Å². The van der Waals surface area contributed by atoms with Crippen molar-refractivity contribution in [2.24, 2.45) is 11.7 Å². The fourth-order valence-electron chi connectivity index (χ4n) is 1.51. The van der Waals surface area contributed by atoms with E-state index in [1.54, 1.807) is 12.1 Å². The summed E-state index contributed by atoms with van der Waals surface area (Å²) < 4.78 is 44.0. The zero-order valence-corrected chi connectivity index (χ0v) is 12.7. The molecule has 2 N–H and O–H groups in total. The predicted molar refractivity (Wildman–Crippen MR) is 75.4 cm³/mol. The Hall–Kier alpha value is -0.820. The number of ether oxygens (including phenoxy) is 1. The molecule has 0 aliphatic carbocycles. The summed E-state index contributed by atoms with van der Waals surface area (Å²) in [6.07, 6.45) is -4.49. The van der Waals surface area contributed by atoms with Crippen molar-refractivity contribution in [3.63, 3.8) is 0 Å². The molecule has 0 heterocycles. The van der Waals surface area contributed by atoms with Crippen molar-refractivity contribution in [2.45, 2.75) is 20.0 Å². The first-order valence-electron chi connectivity index (χ1n) is 5.38. The van der Waals surface area contributed by atoms with Crippen LogP contribution in [0.4, 0.5) is 13.2 Å². The minimum atomic E-state index is -4.49. The lowest BCUT2D eigenvalue weighted by atomic mass is 10.1. The zero-order chi connectivity index (χ0) is 14.8. The van der Waals surface area contributed by atoms with Crippen LogP contribution < -0.4 is 10.5 Å². The van der Waals surface area contributed by atoms with Crippen LogP contribution in [0.3, 0.4) is 0 Å². The molecule has 0 fully saturated rings. The number of halogens is 4. The van der Waals surface area contributed by atoms with Crippen LogP contribution >= 0.6 is 28.1 Å². The lowest BCUT2D eigenvalue weighted by Crippen LogP contribution is -2.38. The van der Waals surface area contributed by atoms with Gasteiger partial charge in [-0.15, -0.1) is 0 Å². The van der Waals surface area contributed by atoms with Gasteiger partial charge in [0.1, 0.15) is 18.3 Å². The van der Waals surface area contributed by atoms with E-state index in [-0.39, 0.29) is 0 Å². The first-order valence-corrected chi connectivity index (χ1v) is 6.58. The Kier molecular flexibility index (Phi) is 5.20. The summed E-state index contributed by atoms with van der Waals surface area (Å²) in [5, 5.41) is 0. The van der Waals surface area contributed by atoms with Gasteiger partial charge < -0.3 is 10.5 Å². The van der Waals surface area contributed by atoms with E-state index in [4.69, 9.17) is 10.5 Å². The number of hydrogen-bond acceptors (Lipinski definition) is 2. The highest BCUT2D eigenvalue weighted by Crippen LogP contribution is 2.29. The Morgan fingerprint density at radius 3 is 2.21 bits per heavy atom. The quantitative estimate of drug-likeness (QED) is 0.831. The standard InChI is InChI=1S/C12H13BrF3NOS/c1-6-3-8(4-7(2)10(6)13)18-5-9(11(17)19)12(14,15)16/h3-4,9H,5H2,1-2H3,(H2,17,19). The van der Waals surface area contributed by atoms with E-state index in [9.17, 15) is 13.2 Å². The van der Waals surface area contributed by atoms with Crippen LogP contribution in [0.1, 0.15) is 11.1 Å². The average molecular weight is 356 g/mol. The zero-order valence-electron chi connectivity index (χ0n) is 10.3. The molecule has 0 aromatic heterocycles. The van der Waals surface area contributed by atoms with Crippen molar-refractivity contribution in [3.05, 3.63) is 27.7 Å². The van der Waals surface area contributed by atoms with Gasteiger partial charge in [0.2, 0.25) is 0 Å². The van der Waals surface area contributed by atoms with Crippen LogP contribution in [0.25, 0.3) is 0 Å². The molecule has 1 aromatic rings. The van der Waals surface area contributed by atoms with Crippen LogP contribution in [0.5, 0.6) is 5.75 Å². The summed E-state index contributed by atoms with van der Waals surface area (Å²) in [5.74, 6) is -1.57. The monoisotopic (exact) mass is 355 g/mol. The Morgan fingerprint density at radius 1 is 1.37 bits per heavy atom. The molecule has 2 nitrogen and oxygen atoms in total. The van der Waals surface area contributed by atoms with E-state index in [1.165, 1.54) is 0 Å². The van der Waals surface area contributed by atoms with Crippen LogP contribution in [0.2, 0.25) is 0 Å². The van der Waals surface area contributed by atoms with Gasteiger partial charge in [-0.2, -0.15) is 13.2 Å². The Balaban J connectivity index is 2.84. The van der Waals surface area contributed by atoms with Gasteiger partial charge in [0.25, 0.3) is 0 Å². The van der Waals surface area contributed by atoms with Crippen molar-refractivity contribution in [3.8, 4) is 5.75 Å². The first-order chi connectivity index (χ1) is 8.62. The highest BCUT2D eigenvalue weighted by atomic mass is 79.9. The van der Waals surface area contributed by atoms with E-state index in [0.29, 0.717) is 5.75 Å². The molecule has 106 valence electrons. The van der Waals surface area contributed by atoms with Gasteiger partial charge in [-0.3, -0.25) is 0 Å². The third kappa shape index (κ3) is 4.35. The third-order valence-electron chi connectivity index (χ3n) is 2.57. The second-order valence-corrected chi connectivity index (χ2v) is 5.44. The van der Waals surface area contributed by atoms with Crippen molar-refractivity contribution in [1.82, 2.24) is 0 Å². The molecule has 0 spiro atoms. The first kappa shape index (κ1) is 16.2. The maximum Gasteiger partial charge on any atom is 0.401 e. The smallest absolute Gasteiger partial charge is 0.401 e. The van der Waals surface area contributed by atoms with Crippen LogP contribution in [0.15, 0.2) is 16.6 Å². The molecule has 0 amide bonds. The van der Waals surface area contributed by atoms with Gasteiger partial charge in [-0.05, 0) is 37.1 Å². The molecule has 0 saturated heterocycles. The molecule has 0 bridgehead atoms. The number of nitrogens with two attached hydrogens (primary N) is 1. The van der Waals surface area contributed by atoms with Gasteiger partial charge in [0, 0.05) is 4.47 Å². The van der Waals surface area contributed by atoms with Gasteiger partial charge in [0.15, 0.2) is 0 Å². The maximum atomic E-state index is 12.6. The highest BCUT2D eigenvalue weighted by Gasteiger charge is 2.42. The molecule has 1 aromatic carbocycles. The summed E-state index contributed by atoms with van der Waals surface area (Å²) in [4.78, 5) is -0.613. The second kappa shape index (κ2) is 6.09. The topological polar surface area (TPSA) is 35.2 Å². The van der Waals surface area contributed by atoms with Crippen LogP contribution in [0, 0.1) is 19.8 Å². The molecular weight excluding hydrogens is 343 g/mol. The second-order valence-electron chi connectivity index (χ2n) is 4.18. The van der Waals surface area contributed by atoms with Crippen molar-refractivity contribution in [1.29, 1.82) is 0 Å². The summed E-state index contributed by atoms with van der Waals surface area (Å²) >= 11 is 7.80. The Labute approximate surface area is 123 Å². The minimum Gasteiger partial charge on any atom is -0.492 e. The van der Waals surface area contributed by atoms with Gasteiger partial charge >= 0.3 is 6.18 Å². The predicted octanol–water partition coefficient (Wildman–Crippen LogP) is 3.91. The van der Waals surface area contributed by atoms with Gasteiger partial charge in [-0.25, -0.2) is 0 Å². The molecule has 0 aliphatic rings. The maximum absolute atomic E-state index is 12.6. The van der Waals surface area contributed by atoms with Crippen LogP contribution in [-0.2, 0) is 0 Å². The molecule has 1 rings (SSSR count). The minimum absolute atomic E-state index is 0.365. The van der Waals surface area contributed by atoms with Gasteiger partial charge in [0.05, 0.1) is 4.99 Å². The highest BCUT2D eigenvalue weighted by molar-refractivity contribution is 9.10.